The van der Waals surface area contributed by atoms with E-state index in [1.165, 1.54) is 32.1 Å². The second-order valence-corrected chi connectivity index (χ2v) is 7.84. The second-order valence-electron chi connectivity index (χ2n) is 7.84. The van der Waals surface area contributed by atoms with Gasteiger partial charge in [0.15, 0.2) is 0 Å². The fourth-order valence-corrected chi connectivity index (χ4v) is 3.54. The summed E-state index contributed by atoms with van der Waals surface area (Å²) in [6.45, 7) is 7.29. The molecule has 0 saturated carbocycles. The summed E-state index contributed by atoms with van der Waals surface area (Å²) in [6.07, 6.45) is 12.4. The minimum Gasteiger partial charge on any atom is -0.462 e. The third-order valence-corrected chi connectivity index (χ3v) is 5.19. The lowest BCUT2D eigenvalue weighted by Crippen LogP contribution is -2.18. The minimum atomic E-state index is -0.442. The standard InChI is InChI=1S/C25H40O4/c1-4-7-8-9-10-11-14-19-28-24(26)22-17-12-13-18-23(22)25(27)29-20-21(15-5-2)16-6-3/h12-13,17-18,21H,4-11,14-16,19-20H2,1-3H3. The van der Waals surface area contributed by atoms with Crippen LogP contribution in [0.3, 0.4) is 0 Å². The van der Waals surface area contributed by atoms with Crippen molar-refractivity contribution in [2.75, 3.05) is 13.2 Å². The number of benzene rings is 1. The first-order valence-electron chi connectivity index (χ1n) is 11.6. The Balaban J connectivity index is 2.48. The van der Waals surface area contributed by atoms with E-state index in [1.54, 1.807) is 24.3 Å². The van der Waals surface area contributed by atoms with E-state index in [0.717, 1.165) is 38.5 Å². The average molecular weight is 405 g/mol. The highest BCUT2D eigenvalue weighted by Crippen LogP contribution is 2.17. The zero-order chi connectivity index (χ0) is 21.3. The van der Waals surface area contributed by atoms with Gasteiger partial charge in [0.1, 0.15) is 0 Å². The molecular weight excluding hydrogens is 364 g/mol. The number of carbonyl (C=O) groups is 2. The van der Waals surface area contributed by atoms with Gasteiger partial charge in [0, 0.05) is 0 Å². The highest BCUT2D eigenvalue weighted by Gasteiger charge is 2.20. The van der Waals surface area contributed by atoms with Gasteiger partial charge in [-0.15, -0.1) is 0 Å². The fraction of sp³-hybridized carbons (Fsp3) is 0.680. The first-order valence-corrected chi connectivity index (χ1v) is 11.6. The molecule has 0 aromatic heterocycles. The Morgan fingerprint density at radius 2 is 1.24 bits per heavy atom. The van der Waals surface area contributed by atoms with Crippen LogP contribution in [0.2, 0.25) is 0 Å². The molecule has 1 aromatic carbocycles. The molecule has 0 aliphatic heterocycles. The van der Waals surface area contributed by atoms with Gasteiger partial charge in [0.25, 0.3) is 0 Å². The minimum absolute atomic E-state index is 0.294. The Morgan fingerprint density at radius 3 is 1.79 bits per heavy atom. The van der Waals surface area contributed by atoms with Gasteiger partial charge in [-0.2, -0.15) is 0 Å². The van der Waals surface area contributed by atoms with Crippen LogP contribution in [-0.4, -0.2) is 25.2 Å². The van der Waals surface area contributed by atoms with Crippen LogP contribution in [0.1, 0.15) is 112 Å². The van der Waals surface area contributed by atoms with E-state index in [4.69, 9.17) is 9.47 Å². The molecule has 1 aromatic rings. The first-order chi connectivity index (χ1) is 14.1. The van der Waals surface area contributed by atoms with E-state index in [0.29, 0.717) is 30.3 Å². The van der Waals surface area contributed by atoms with E-state index in [9.17, 15) is 9.59 Å². The molecule has 0 unspecified atom stereocenters. The fourth-order valence-electron chi connectivity index (χ4n) is 3.54. The van der Waals surface area contributed by atoms with Crippen LogP contribution >= 0.6 is 0 Å². The molecule has 4 heteroatoms. The largest absolute Gasteiger partial charge is 0.462 e. The summed E-state index contributed by atoms with van der Waals surface area (Å²) in [5.41, 5.74) is 0.590. The highest BCUT2D eigenvalue weighted by atomic mass is 16.5. The molecule has 0 heterocycles. The van der Waals surface area contributed by atoms with Crippen molar-refractivity contribution in [3.63, 3.8) is 0 Å². The second kappa shape index (κ2) is 16.0. The summed E-state index contributed by atoms with van der Waals surface area (Å²) in [5.74, 6) is -0.502. The molecule has 1 rings (SSSR count). The quantitative estimate of drug-likeness (QED) is 0.220. The Kier molecular flexibility index (Phi) is 13.9. The van der Waals surface area contributed by atoms with Crippen LogP contribution in [0, 0.1) is 5.92 Å². The monoisotopic (exact) mass is 404 g/mol. The van der Waals surface area contributed by atoms with Crippen molar-refractivity contribution in [2.45, 2.75) is 91.4 Å². The summed E-state index contributed by atoms with van der Waals surface area (Å²) in [5, 5.41) is 0. The number of esters is 2. The molecule has 0 aliphatic carbocycles. The number of rotatable bonds is 16. The predicted octanol–water partition coefficient (Wildman–Crippen LogP) is 6.97. The van der Waals surface area contributed by atoms with Gasteiger partial charge in [0.2, 0.25) is 0 Å². The Morgan fingerprint density at radius 1 is 0.724 bits per heavy atom. The van der Waals surface area contributed by atoms with Gasteiger partial charge in [0.05, 0.1) is 24.3 Å². The number of carbonyl (C=O) groups excluding carboxylic acids is 2. The number of ether oxygens (including phenoxy) is 2. The highest BCUT2D eigenvalue weighted by molar-refractivity contribution is 6.03. The van der Waals surface area contributed by atoms with Crippen molar-refractivity contribution < 1.29 is 19.1 Å². The smallest absolute Gasteiger partial charge is 0.339 e. The van der Waals surface area contributed by atoms with Crippen molar-refractivity contribution in [1.29, 1.82) is 0 Å². The molecule has 0 fully saturated rings. The summed E-state index contributed by atoms with van der Waals surface area (Å²) < 4.78 is 10.9. The third-order valence-electron chi connectivity index (χ3n) is 5.19. The molecule has 0 N–H and O–H groups in total. The van der Waals surface area contributed by atoms with Gasteiger partial charge in [-0.25, -0.2) is 9.59 Å². The van der Waals surface area contributed by atoms with Crippen LogP contribution in [-0.2, 0) is 9.47 Å². The van der Waals surface area contributed by atoms with E-state index in [-0.39, 0.29) is 0 Å². The van der Waals surface area contributed by atoms with Gasteiger partial charge >= 0.3 is 11.9 Å². The Labute approximate surface area is 177 Å². The van der Waals surface area contributed by atoms with Crippen molar-refractivity contribution in [2.24, 2.45) is 5.92 Å². The summed E-state index contributed by atoms with van der Waals surface area (Å²) in [4.78, 5) is 25.0. The van der Waals surface area contributed by atoms with Crippen LogP contribution in [0.15, 0.2) is 24.3 Å². The molecule has 0 saturated heterocycles. The molecular formula is C25H40O4. The van der Waals surface area contributed by atoms with Crippen molar-refractivity contribution in [3.05, 3.63) is 35.4 Å². The Bertz CT molecular complexity index is 576. The van der Waals surface area contributed by atoms with Crippen LogP contribution in [0.4, 0.5) is 0 Å². The molecule has 29 heavy (non-hydrogen) atoms. The van der Waals surface area contributed by atoms with Gasteiger partial charge in [-0.3, -0.25) is 0 Å². The lowest BCUT2D eigenvalue weighted by Gasteiger charge is -2.16. The lowest BCUT2D eigenvalue weighted by atomic mass is 9.99. The molecule has 0 radical (unpaired) electrons. The van der Waals surface area contributed by atoms with Crippen molar-refractivity contribution >= 4 is 11.9 Å². The van der Waals surface area contributed by atoms with Crippen LogP contribution < -0.4 is 0 Å². The maximum atomic E-state index is 12.6. The maximum absolute atomic E-state index is 12.6. The molecule has 164 valence electrons. The van der Waals surface area contributed by atoms with E-state index < -0.39 is 11.9 Å². The normalized spacial score (nSPS) is 10.9. The molecule has 0 amide bonds. The van der Waals surface area contributed by atoms with Crippen molar-refractivity contribution in [1.82, 2.24) is 0 Å². The number of unbranched alkanes of at least 4 members (excludes halogenated alkanes) is 6. The molecule has 0 bridgehead atoms. The van der Waals surface area contributed by atoms with E-state index >= 15 is 0 Å². The first kappa shape index (κ1) is 25.2. The SMILES string of the molecule is CCCCCCCCCOC(=O)c1ccccc1C(=O)OCC(CCC)CCC. The summed E-state index contributed by atoms with van der Waals surface area (Å²) >= 11 is 0. The number of hydrogen-bond donors (Lipinski definition) is 0. The lowest BCUT2D eigenvalue weighted by molar-refractivity contribution is 0.0402. The van der Waals surface area contributed by atoms with E-state index in [1.807, 2.05) is 0 Å². The average Bonchev–Trinajstić information content (AvgIpc) is 2.74. The predicted molar refractivity (Wildman–Crippen MR) is 118 cm³/mol. The van der Waals surface area contributed by atoms with Gasteiger partial charge < -0.3 is 9.47 Å². The summed E-state index contributed by atoms with van der Waals surface area (Å²) in [6, 6.07) is 6.78. The Hall–Kier alpha value is -1.84. The third kappa shape index (κ3) is 10.5. The molecule has 4 nitrogen and oxygen atoms in total. The number of hydrogen-bond acceptors (Lipinski definition) is 4. The zero-order valence-electron chi connectivity index (χ0n) is 18.7. The van der Waals surface area contributed by atoms with Crippen LogP contribution in [0.25, 0.3) is 0 Å². The maximum Gasteiger partial charge on any atom is 0.339 e. The zero-order valence-corrected chi connectivity index (χ0v) is 18.7. The topological polar surface area (TPSA) is 52.6 Å². The van der Waals surface area contributed by atoms with E-state index in [2.05, 4.69) is 20.8 Å². The van der Waals surface area contributed by atoms with Crippen LogP contribution in [0.5, 0.6) is 0 Å². The van der Waals surface area contributed by atoms with Gasteiger partial charge in [-0.1, -0.05) is 84.3 Å². The van der Waals surface area contributed by atoms with Crippen molar-refractivity contribution in [3.8, 4) is 0 Å². The van der Waals surface area contributed by atoms with Gasteiger partial charge in [-0.05, 0) is 37.3 Å². The molecule has 0 atom stereocenters. The molecule has 0 spiro atoms. The molecule has 0 aliphatic rings. The summed E-state index contributed by atoms with van der Waals surface area (Å²) in [7, 11) is 0.